The number of thiol groups is 1. The number of carbonyl (C=O) groups is 2. The second-order valence-corrected chi connectivity index (χ2v) is 5.91. The summed E-state index contributed by atoms with van der Waals surface area (Å²) in [6.07, 6.45) is 0. The van der Waals surface area contributed by atoms with Crippen molar-refractivity contribution < 1.29 is 9.59 Å². The van der Waals surface area contributed by atoms with E-state index in [1.54, 1.807) is 24.3 Å². The summed E-state index contributed by atoms with van der Waals surface area (Å²) in [5, 5.41) is 2.41. The number of primary amides is 1. The molecule has 0 aliphatic heterocycles. The number of aromatic nitrogens is 2. The number of rotatable bonds is 4. The molecule has 122 valence electrons. The van der Waals surface area contributed by atoms with Crippen LogP contribution >= 0.6 is 12.6 Å². The van der Waals surface area contributed by atoms with Crippen LogP contribution in [0.3, 0.4) is 0 Å². The molecule has 24 heavy (non-hydrogen) atoms. The summed E-state index contributed by atoms with van der Waals surface area (Å²) in [5.41, 5.74) is 8.65. The Morgan fingerprint density at radius 2 is 1.92 bits per heavy atom. The molecule has 3 rings (SSSR count). The van der Waals surface area contributed by atoms with E-state index in [4.69, 9.17) is 5.73 Å². The number of aromatic amines is 1. The Hall–Kier alpha value is -2.80. The van der Waals surface area contributed by atoms with Crippen LogP contribution in [0.4, 0.5) is 5.69 Å². The summed E-state index contributed by atoms with van der Waals surface area (Å²) in [6.45, 7) is 1.46. The quantitative estimate of drug-likeness (QED) is 0.549. The van der Waals surface area contributed by atoms with Gasteiger partial charge in [0.2, 0.25) is 5.91 Å². The average Bonchev–Trinajstić information content (AvgIpc) is 2.98. The van der Waals surface area contributed by atoms with E-state index in [0.29, 0.717) is 22.6 Å². The summed E-state index contributed by atoms with van der Waals surface area (Å²) < 4.78 is 0. The van der Waals surface area contributed by atoms with Crippen LogP contribution in [0, 0.1) is 0 Å². The Bertz CT molecular complexity index is 918. The van der Waals surface area contributed by atoms with Gasteiger partial charge in [-0.3, -0.25) is 9.59 Å². The second kappa shape index (κ2) is 6.37. The predicted octanol–water partition coefficient (Wildman–Crippen LogP) is 2.64. The lowest BCUT2D eigenvalue weighted by Gasteiger charge is -2.09. The Kier molecular flexibility index (Phi) is 4.26. The van der Waals surface area contributed by atoms with Gasteiger partial charge in [-0.2, -0.15) is 12.6 Å². The first-order chi connectivity index (χ1) is 11.5. The third-order valence-corrected chi connectivity index (χ3v) is 4.14. The number of nitrogens with zero attached hydrogens (tertiary/aromatic N) is 1. The molecule has 1 unspecified atom stereocenters. The first kappa shape index (κ1) is 16.1. The van der Waals surface area contributed by atoms with E-state index < -0.39 is 5.91 Å². The highest BCUT2D eigenvalue weighted by Gasteiger charge is 2.17. The van der Waals surface area contributed by atoms with Crippen LogP contribution in [0.1, 0.15) is 33.9 Å². The third-order valence-electron chi connectivity index (χ3n) is 3.60. The van der Waals surface area contributed by atoms with Crippen molar-refractivity contribution in [3.05, 3.63) is 59.4 Å². The number of carbonyl (C=O) groups excluding carboxylic acids is 2. The van der Waals surface area contributed by atoms with Crippen molar-refractivity contribution in [2.24, 2.45) is 5.73 Å². The van der Waals surface area contributed by atoms with Crippen LogP contribution in [-0.4, -0.2) is 21.8 Å². The molecule has 1 atom stereocenters. The van der Waals surface area contributed by atoms with E-state index in [1.807, 2.05) is 18.2 Å². The lowest BCUT2D eigenvalue weighted by molar-refractivity contribution is -0.114. The topological polar surface area (TPSA) is 101 Å². The van der Waals surface area contributed by atoms with Gasteiger partial charge in [0, 0.05) is 12.6 Å². The zero-order valence-electron chi connectivity index (χ0n) is 12.9. The first-order valence-corrected chi connectivity index (χ1v) is 7.81. The zero-order chi connectivity index (χ0) is 17.3. The maximum atomic E-state index is 11.5. The van der Waals surface area contributed by atoms with Crippen LogP contribution in [0.25, 0.3) is 11.0 Å². The number of para-hydroxylation sites is 1. The molecule has 0 aliphatic carbocycles. The van der Waals surface area contributed by atoms with E-state index >= 15 is 0 Å². The van der Waals surface area contributed by atoms with E-state index in [2.05, 4.69) is 27.9 Å². The van der Waals surface area contributed by atoms with Gasteiger partial charge in [0.15, 0.2) is 0 Å². The number of benzene rings is 2. The monoisotopic (exact) mass is 340 g/mol. The van der Waals surface area contributed by atoms with Crippen LogP contribution in [0.5, 0.6) is 0 Å². The van der Waals surface area contributed by atoms with Crippen molar-refractivity contribution in [2.75, 3.05) is 5.32 Å². The van der Waals surface area contributed by atoms with Crippen molar-refractivity contribution in [3.63, 3.8) is 0 Å². The van der Waals surface area contributed by atoms with Gasteiger partial charge in [-0.25, -0.2) is 4.98 Å². The Morgan fingerprint density at radius 3 is 2.54 bits per heavy atom. The van der Waals surface area contributed by atoms with Crippen LogP contribution in [0.2, 0.25) is 0 Å². The SMILES string of the molecule is CC(=O)Nc1ccc(C(S)c2nc3c(C(N)=O)cccc3[nH]2)cc1. The molecule has 0 radical (unpaired) electrons. The van der Waals surface area contributed by atoms with Crippen molar-refractivity contribution in [1.82, 2.24) is 9.97 Å². The van der Waals surface area contributed by atoms with Crippen molar-refractivity contribution in [3.8, 4) is 0 Å². The molecule has 0 saturated carbocycles. The Balaban J connectivity index is 1.93. The van der Waals surface area contributed by atoms with Gasteiger partial charge in [-0.1, -0.05) is 18.2 Å². The number of hydrogen-bond acceptors (Lipinski definition) is 4. The lowest BCUT2D eigenvalue weighted by Crippen LogP contribution is -2.11. The maximum absolute atomic E-state index is 11.5. The van der Waals surface area contributed by atoms with E-state index in [-0.39, 0.29) is 11.2 Å². The number of anilines is 1. The van der Waals surface area contributed by atoms with Gasteiger partial charge in [0.25, 0.3) is 5.91 Å². The lowest BCUT2D eigenvalue weighted by atomic mass is 10.1. The number of nitrogens with two attached hydrogens (primary N) is 1. The molecule has 2 aromatic carbocycles. The largest absolute Gasteiger partial charge is 0.366 e. The summed E-state index contributed by atoms with van der Waals surface area (Å²) >= 11 is 4.61. The van der Waals surface area contributed by atoms with Gasteiger partial charge in [0.05, 0.1) is 16.3 Å². The third kappa shape index (κ3) is 3.11. The molecule has 0 bridgehead atoms. The molecule has 0 saturated heterocycles. The molecule has 0 spiro atoms. The zero-order valence-corrected chi connectivity index (χ0v) is 13.8. The van der Waals surface area contributed by atoms with Gasteiger partial charge < -0.3 is 16.0 Å². The number of hydrogen-bond donors (Lipinski definition) is 4. The van der Waals surface area contributed by atoms with Crippen molar-refractivity contribution in [2.45, 2.75) is 12.2 Å². The van der Waals surface area contributed by atoms with E-state index in [0.717, 1.165) is 11.1 Å². The fourth-order valence-electron chi connectivity index (χ4n) is 2.49. The average molecular weight is 340 g/mol. The highest BCUT2D eigenvalue weighted by atomic mass is 32.1. The summed E-state index contributed by atoms with van der Waals surface area (Å²) in [6, 6.07) is 12.6. The molecule has 4 N–H and O–H groups in total. The molecule has 0 aliphatic rings. The first-order valence-electron chi connectivity index (χ1n) is 7.30. The Morgan fingerprint density at radius 1 is 1.21 bits per heavy atom. The maximum Gasteiger partial charge on any atom is 0.250 e. The van der Waals surface area contributed by atoms with E-state index in [1.165, 1.54) is 6.92 Å². The molecule has 2 amide bonds. The minimum absolute atomic E-state index is 0.124. The highest BCUT2D eigenvalue weighted by Crippen LogP contribution is 2.29. The second-order valence-electron chi connectivity index (χ2n) is 5.39. The smallest absolute Gasteiger partial charge is 0.250 e. The van der Waals surface area contributed by atoms with Crippen LogP contribution in [-0.2, 0) is 4.79 Å². The van der Waals surface area contributed by atoms with Crippen LogP contribution < -0.4 is 11.1 Å². The highest BCUT2D eigenvalue weighted by molar-refractivity contribution is 7.80. The fourth-order valence-corrected chi connectivity index (χ4v) is 2.78. The van der Waals surface area contributed by atoms with Gasteiger partial charge in [0.1, 0.15) is 11.3 Å². The number of amides is 2. The summed E-state index contributed by atoms with van der Waals surface area (Å²) in [5.74, 6) is -0.0234. The number of nitrogens with one attached hydrogen (secondary N) is 2. The Labute approximate surface area is 143 Å². The fraction of sp³-hybridized carbons (Fsp3) is 0.118. The number of H-pyrrole nitrogens is 1. The number of imidazole rings is 1. The summed E-state index contributed by atoms with van der Waals surface area (Å²) in [7, 11) is 0. The number of fused-ring (bicyclic) bond motifs is 1. The molecule has 1 aromatic heterocycles. The molecule has 7 heteroatoms. The molecule has 6 nitrogen and oxygen atoms in total. The van der Waals surface area contributed by atoms with Crippen molar-refractivity contribution >= 4 is 41.2 Å². The van der Waals surface area contributed by atoms with Gasteiger partial charge in [-0.05, 0) is 29.8 Å². The molecule has 3 aromatic rings. The van der Waals surface area contributed by atoms with Crippen LogP contribution in [0.15, 0.2) is 42.5 Å². The standard InChI is InChI=1S/C17H16N4O2S/c1-9(22)19-11-7-5-10(6-8-11)15(24)17-20-13-4-2-3-12(16(18)23)14(13)21-17/h2-8,15,24H,1H3,(H2,18,23)(H,19,22)(H,20,21). The predicted molar refractivity (Wildman–Crippen MR) is 96.2 cm³/mol. The normalized spacial score (nSPS) is 12.1. The molecular weight excluding hydrogens is 324 g/mol. The molecular formula is C17H16N4O2S. The summed E-state index contributed by atoms with van der Waals surface area (Å²) in [4.78, 5) is 30.2. The van der Waals surface area contributed by atoms with E-state index in [9.17, 15) is 9.59 Å². The molecule has 0 fully saturated rings. The minimum atomic E-state index is -0.519. The molecule has 1 heterocycles. The minimum Gasteiger partial charge on any atom is -0.366 e. The van der Waals surface area contributed by atoms with Gasteiger partial charge in [-0.15, -0.1) is 0 Å². The van der Waals surface area contributed by atoms with Gasteiger partial charge >= 0.3 is 0 Å². The van der Waals surface area contributed by atoms with Crippen molar-refractivity contribution in [1.29, 1.82) is 0 Å².